The van der Waals surface area contributed by atoms with Crippen LogP contribution >= 0.6 is 0 Å². The van der Waals surface area contributed by atoms with Crippen molar-refractivity contribution in [2.45, 2.75) is 26.2 Å². The molecule has 0 aliphatic carbocycles. The van der Waals surface area contributed by atoms with Crippen molar-refractivity contribution in [2.75, 3.05) is 64.2 Å². The van der Waals surface area contributed by atoms with E-state index in [4.69, 9.17) is 9.47 Å². The number of fused-ring (bicyclic) bond motifs is 1. The minimum Gasteiger partial charge on any atom is -0.495 e. The molecule has 2 amide bonds. The molecule has 0 radical (unpaired) electrons. The highest BCUT2D eigenvalue weighted by molar-refractivity contribution is 6.10. The van der Waals surface area contributed by atoms with Crippen LogP contribution in [0, 0.1) is 6.92 Å². The number of allylic oxidation sites excluding steroid dienone is 1. The Morgan fingerprint density at radius 3 is 2.59 bits per heavy atom. The summed E-state index contributed by atoms with van der Waals surface area (Å²) in [6.07, 6.45) is 5.61. The Balaban J connectivity index is 1.21. The van der Waals surface area contributed by atoms with Crippen molar-refractivity contribution in [3.05, 3.63) is 89.6 Å². The number of methoxy groups -OCH3 is 1. The summed E-state index contributed by atoms with van der Waals surface area (Å²) in [5.41, 5.74) is 4.13. The van der Waals surface area contributed by atoms with Gasteiger partial charge in [0.1, 0.15) is 23.8 Å². The second-order valence-electron chi connectivity index (χ2n) is 11.4. The van der Waals surface area contributed by atoms with E-state index in [-0.39, 0.29) is 17.5 Å². The Labute approximate surface area is 269 Å². The quantitative estimate of drug-likeness (QED) is 0.179. The monoisotopic (exact) mass is 624 g/mol. The number of hydrogen-bond acceptors (Lipinski definition) is 8. The van der Waals surface area contributed by atoms with Crippen LogP contribution in [0.3, 0.4) is 0 Å². The van der Waals surface area contributed by atoms with Gasteiger partial charge in [0.05, 0.1) is 36.3 Å². The standard InChI is InChI=1S/C35H40N6O5/c1-25-11-14-29(32(21-25)46-20-8-6-9-27(23-42)40-18-16-38(2)17-19-40)39(3)35(44)26-12-13-28(31(22-26)45-4)37-34(43)33-30-10-5-7-15-41(30)24-36-33/h5,7,10-15,21-22,24H,6,8-9,16-20H2,1-4H3,(H,37,43). The van der Waals surface area contributed by atoms with Gasteiger partial charge in [-0.3, -0.25) is 9.59 Å². The molecule has 11 heteroatoms. The second kappa shape index (κ2) is 14.8. The first-order valence-electron chi connectivity index (χ1n) is 15.4. The normalized spacial score (nSPS) is 13.3. The molecule has 3 heterocycles. The van der Waals surface area contributed by atoms with Crippen molar-refractivity contribution >= 4 is 34.6 Å². The molecular weight excluding hydrogens is 584 g/mol. The lowest BCUT2D eigenvalue weighted by Gasteiger charge is -2.34. The molecule has 5 rings (SSSR count). The average Bonchev–Trinajstić information content (AvgIpc) is 3.51. The average molecular weight is 625 g/mol. The smallest absolute Gasteiger partial charge is 0.276 e. The number of imidazole rings is 1. The van der Waals surface area contributed by atoms with Crippen molar-refractivity contribution < 1.29 is 23.9 Å². The zero-order valence-corrected chi connectivity index (χ0v) is 26.8. The molecule has 1 aliphatic heterocycles. The first-order chi connectivity index (χ1) is 22.3. The summed E-state index contributed by atoms with van der Waals surface area (Å²) >= 11 is 0. The number of nitrogens with zero attached hydrogens (tertiary/aromatic N) is 5. The Bertz CT molecular complexity index is 1750. The van der Waals surface area contributed by atoms with E-state index in [2.05, 4.69) is 33.1 Å². The molecule has 11 nitrogen and oxygen atoms in total. The van der Waals surface area contributed by atoms with Gasteiger partial charge in [0.15, 0.2) is 5.69 Å². The fourth-order valence-corrected chi connectivity index (χ4v) is 5.47. The first-order valence-corrected chi connectivity index (χ1v) is 15.4. The number of aryl methyl sites for hydroxylation is 1. The first kappa shape index (κ1) is 32.3. The third kappa shape index (κ3) is 7.39. The highest BCUT2D eigenvalue weighted by Gasteiger charge is 2.21. The van der Waals surface area contributed by atoms with Gasteiger partial charge in [-0.2, -0.15) is 0 Å². The van der Waals surface area contributed by atoms with Crippen LogP contribution in [0.15, 0.2) is 72.8 Å². The molecule has 0 bridgehead atoms. The maximum Gasteiger partial charge on any atom is 0.276 e. The predicted molar refractivity (Wildman–Crippen MR) is 178 cm³/mol. The van der Waals surface area contributed by atoms with Crippen LogP contribution in [0.4, 0.5) is 11.4 Å². The number of carbonyl (C=O) groups excluding carboxylic acids is 3. The number of benzene rings is 2. The van der Waals surface area contributed by atoms with E-state index >= 15 is 0 Å². The lowest BCUT2D eigenvalue weighted by molar-refractivity contribution is 0.0990. The lowest BCUT2D eigenvalue weighted by atomic mass is 10.1. The number of anilines is 2. The third-order valence-electron chi connectivity index (χ3n) is 8.21. The van der Waals surface area contributed by atoms with Gasteiger partial charge in [0, 0.05) is 45.0 Å². The number of amides is 2. The highest BCUT2D eigenvalue weighted by atomic mass is 16.5. The maximum absolute atomic E-state index is 13.6. The van der Waals surface area contributed by atoms with Crippen LogP contribution < -0.4 is 19.7 Å². The van der Waals surface area contributed by atoms with E-state index in [1.165, 1.54) is 7.11 Å². The van der Waals surface area contributed by atoms with Gasteiger partial charge in [0.25, 0.3) is 11.8 Å². The molecule has 2 aromatic heterocycles. The Morgan fingerprint density at radius 2 is 1.83 bits per heavy atom. The van der Waals surface area contributed by atoms with Gasteiger partial charge in [-0.1, -0.05) is 12.1 Å². The molecule has 4 aromatic rings. The lowest BCUT2D eigenvalue weighted by Crippen LogP contribution is -2.44. The minimum absolute atomic E-state index is 0.266. The Hall–Kier alpha value is -5.12. The molecule has 1 N–H and O–H groups in total. The summed E-state index contributed by atoms with van der Waals surface area (Å²) in [7, 11) is 5.27. The number of likely N-dealkylation sites (N-methyl/N-ethyl adjacent to an activating group) is 1. The van der Waals surface area contributed by atoms with Gasteiger partial charge in [-0.15, -0.1) is 0 Å². The fourth-order valence-electron chi connectivity index (χ4n) is 5.47. The van der Waals surface area contributed by atoms with Gasteiger partial charge in [0.2, 0.25) is 0 Å². The fraction of sp³-hybridized carbons (Fsp3) is 0.343. The molecular formula is C35H40N6O5. The molecule has 1 saturated heterocycles. The van der Waals surface area contributed by atoms with E-state index in [0.717, 1.165) is 50.3 Å². The molecule has 1 aliphatic rings. The molecule has 0 saturated carbocycles. The minimum atomic E-state index is -0.387. The van der Waals surface area contributed by atoms with Gasteiger partial charge in [-0.25, -0.2) is 9.78 Å². The summed E-state index contributed by atoms with van der Waals surface area (Å²) in [6, 6.07) is 16.1. The summed E-state index contributed by atoms with van der Waals surface area (Å²) in [5.74, 6) is 2.44. The molecule has 2 aromatic carbocycles. The zero-order chi connectivity index (χ0) is 32.6. The van der Waals surface area contributed by atoms with Gasteiger partial charge < -0.3 is 33.9 Å². The van der Waals surface area contributed by atoms with E-state index in [1.54, 1.807) is 40.9 Å². The number of piperazine rings is 1. The van der Waals surface area contributed by atoms with E-state index in [9.17, 15) is 14.4 Å². The number of hydrogen-bond donors (Lipinski definition) is 1. The zero-order valence-electron chi connectivity index (χ0n) is 26.8. The number of unbranched alkanes of at least 4 members (excludes halogenated alkanes) is 1. The van der Waals surface area contributed by atoms with Crippen LogP contribution in [-0.2, 0) is 4.79 Å². The number of aromatic nitrogens is 2. The molecule has 240 valence electrons. The van der Waals surface area contributed by atoms with Crippen molar-refractivity contribution in [1.29, 1.82) is 0 Å². The van der Waals surface area contributed by atoms with Crippen molar-refractivity contribution in [3.8, 4) is 11.5 Å². The predicted octanol–water partition coefficient (Wildman–Crippen LogP) is 4.69. The number of pyridine rings is 1. The second-order valence-corrected chi connectivity index (χ2v) is 11.4. The van der Waals surface area contributed by atoms with Crippen LogP contribution in [0.5, 0.6) is 11.5 Å². The maximum atomic E-state index is 13.6. The Kier molecular flexibility index (Phi) is 10.4. The van der Waals surface area contributed by atoms with Crippen molar-refractivity contribution in [2.24, 2.45) is 0 Å². The van der Waals surface area contributed by atoms with Crippen molar-refractivity contribution in [1.82, 2.24) is 19.2 Å². The van der Waals surface area contributed by atoms with E-state index in [1.807, 2.05) is 49.5 Å². The van der Waals surface area contributed by atoms with E-state index in [0.29, 0.717) is 47.0 Å². The van der Waals surface area contributed by atoms with Crippen LogP contribution in [0.2, 0.25) is 0 Å². The summed E-state index contributed by atoms with van der Waals surface area (Å²) in [5, 5.41) is 2.85. The molecule has 0 atom stereocenters. The van der Waals surface area contributed by atoms with Crippen LogP contribution in [0.1, 0.15) is 45.7 Å². The topological polar surface area (TPSA) is 109 Å². The summed E-state index contributed by atoms with van der Waals surface area (Å²) in [6.45, 7) is 5.98. The Morgan fingerprint density at radius 1 is 1.02 bits per heavy atom. The number of rotatable bonds is 12. The number of ether oxygens (including phenoxy) is 2. The van der Waals surface area contributed by atoms with Gasteiger partial charge >= 0.3 is 0 Å². The van der Waals surface area contributed by atoms with Gasteiger partial charge in [-0.05, 0) is 81.3 Å². The molecule has 1 fully saturated rings. The van der Waals surface area contributed by atoms with Crippen molar-refractivity contribution in [3.63, 3.8) is 0 Å². The number of nitrogens with one attached hydrogen (secondary N) is 1. The summed E-state index contributed by atoms with van der Waals surface area (Å²) < 4.78 is 13.5. The number of carbonyl (C=O) groups is 2. The molecule has 0 spiro atoms. The van der Waals surface area contributed by atoms with Crippen LogP contribution in [0.25, 0.3) is 5.52 Å². The molecule has 0 unspecified atom stereocenters. The highest BCUT2D eigenvalue weighted by Crippen LogP contribution is 2.32. The largest absolute Gasteiger partial charge is 0.495 e. The third-order valence-corrected chi connectivity index (χ3v) is 8.21. The SMILES string of the molecule is COc1cc(C(=O)N(C)c2ccc(C)cc2OCCCCC(=C=O)N2CCN(C)CC2)ccc1NC(=O)c1ncn2ccccc12. The summed E-state index contributed by atoms with van der Waals surface area (Å²) in [4.78, 5) is 48.4. The van der Waals surface area contributed by atoms with Crippen LogP contribution in [-0.4, -0.2) is 90.9 Å². The molecule has 46 heavy (non-hydrogen) atoms. The van der Waals surface area contributed by atoms with E-state index < -0.39 is 0 Å².